The maximum Gasteiger partial charge on any atom is 0.0171 e. The topological polar surface area (TPSA) is 23.9 Å². The Bertz CT molecular complexity index is 68.9. The lowest BCUT2D eigenvalue weighted by molar-refractivity contribution is 0.961. The molecule has 0 bridgehead atoms. The van der Waals surface area contributed by atoms with Crippen molar-refractivity contribution in [3.05, 3.63) is 25.3 Å². The fourth-order valence-electron chi connectivity index (χ4n) is 0.204. The molecule has 0 aliphatic rings. The van der Waals surface area contributed by atoms with Gasteiger partial charge in [0, 0.05) is 6.21 Å². The summed E-state index contributed by atoms with van der Waals surface area (Å²) < 4.78 is 0. The van der Waals surface area contributed by atoms with Crippen LogP contribution >= 0.6 is 0 Å². The van der Waals surface area contributed by atoms with Gasteiger partial charge in [-0.15, -0.1) is 6.58 Å². The molecule has 0 aromatic carbocycles. The van der Waals surface area contributed by atoms with Gasteiger partial charge in [0.2, 0.25) is 0 Å². The lowest BCUT2D eigenvalue weighted by atomic mass is 10.3. The van der Waals surface area contributed by atoms with E-state index < -0.39 is 0 Å². The molecule has 66 valence electrons. The molecule has 0 aliphatic carbocycles. The molecule has 0 spiro atoms. The van der Waals surface area contributed by atoms with Gasteiger partial charge in [-0.3, -0.25) is 0 Å². The van der Waals surface area contributed by atoms with E-state index in [1.807, 2.05) is 19.9 Å². The molecule has 11 heavy (non-hydrogen) atoms. The lowest BCUT2D eigenvalue weighted by Gasteiger charge is -1.72. The Kier molecular flexibility index (Phi) is 53.3. The van der Waals surface area contributed by atoms with E-state index in [4.69, 9.17) is 5.41 Å². The molecule has 0 rings (SSSR count). The third kappa shape index (κ3) is 101. The Morgan fingerprint density at radius 2 is 1.64 bits per heavy atom. The average molecular weight is 155 g/mol. The van der Waals surface area contributed by atoms with Gasteiger partial charge in [0.05, 0.1) is 0 Å². The molecule has 0 unspecified atom stereocenters. The summed E-state index contributed by atoms with van der Waals surface area (Å²) >= 11 is 0. The van der Waals surface area contributed by atoms with E-state index in [-0.39, 0.29) is 0 Å². The zero-order valence-corrected chi connectivity index (χ0v) is 8.06. The Morgan fingerprint density at radius 3 is 1.64 bits per heavy atom. The van der Waals surface area contributed by atoms with Gasteiger partial charge in [-0.1, -0.05) is 45.9 Å². The summed E-state index contributed by atoms with van der Waals surface area (Å²) in [5.74, 6) is 0. The van der Waals surface area contributed by atoms with Crippen molar-refractivity contribution < 1.29 is 0 Å². The van der Waals surface area contributed by atoms with E-state index >= 15 is 0 Å². The molecule has 0 heterocycles. The first-order valence-corrected chi connectivity index (χ1v) is 4.05. The smallest absolute Gasteiger partial charge is 0.0171 e. The van der Waals surface area contributed by atoms with Gasteiger partial charge < -0.3 is 5.41 Å². The van der Waals surface area contributed by atoms with Crippen LogP contribution in [-0.2, 0) is 0 Å². The van der Waals surface area contributed by atoms with Crippen molar-refractivity contribution in [1.29, 1.82) is 5.41 Å². The van der Waals surface area contributed by atoms with Gasteiger partial charge >= 0.3 is 0 Å². The Hall–Kier alpha value is -0.850. The molecule has 0 aromatic rings. The summed E-state index contributed by atoms with van der Waals surface area (Å²) in [4.78, 5) is 0. The van der Waals surface area contributed by atoms with Gasteiger partial charge in [-0.25, -0.2) is 0 Å². The summed E-state index contributed by atoms with van der Waals surface area (Å²) in [6.45, 7) is 12.9. The molecule has 0 saturated carbocycles. The van der Waals surface area contributed by atoms with E-state index in [1.165, 1.54) is 12.5 Å². The summed E-state index contributed by atoms with van der Waals surface area (Å²) in [5.41, 5.74) is 0. The fourth-order valence-corrected chi connectivity index (χ4v) is 0.204. The van der Waals surface area contributed by atoms with Crippen LogP contribution in [0.15, 0.2) is 25.3 Å². The third-order valence-corrected chi connectivity index (χ3v) is 0.611. The van der Waals surface area contributed by atoms with Crippen LogP contribution in [0.25, 0.3) is 0 Å². The highest BCUT2D eigenvalue weighted by atomic mass is 14.3. The maximum atomic E-state index is 6.21. The molecule has 0 aliphatic heterocycles. The molecule has 0 amide bonds. The molecule has 0 fully saturated rings. The zero-order chi connectivity index (χ0) is 9.54. The highest BCUT2D eigenvalue weighted by Gasteiger charge is 1.61. The van der Waals surface area contributed by atoms with Crippen LogP contribution < -0.4 is 0 Å². The molecule has 0 atom stereocenters. The zero-order valence-electron chi connectivity index (χ0n) is 8.06. The van der Waals surface area contributed by atoms with Crippen molar-refractivity contribution in [2.45, 2.75) is 33.6 Å². The van der Waals surface area contributed by atoms with Gasteiger partial charge in [0.25, 0.3) is 0 Å². The minimum absolute atomic E-state index is 1.14. The summed E-state index contributed by atoms with van der Waals surface area (Å²) in [5, 5.41) is 6.21. The van der Waals surface area contributed by atoms with E-state index in [9.17, 15) is 0 Å². The number of nitrogens with one attached hydrogen (secondary N) is 1. The molecule has 0 radical (unpaired) electrons. The van der Waals surface area contributed by atoms with E-state index in [0.717, 1.165) is 12.6 Å². The van der Waals surface area contributed by atoms with Crippen molar-refractivity contribution in [2.75, 3.05) is 0 Å². The van der Waals surface area contributed by atoms with Crippen molar-refractivity contribution in [3.63, 3.8) is 0 Å². The van der Waals surface area contributed by atoms with Crippen molar-refractivity contribution in [1.82, 2.24) is 0 Å². The normalized spacial score (nSPS) is 5.73. The maximum absolute atomic E-state index is 6.21. The Morgan fingerprint density at radius 1 is 1.27 bits per heavy atom. The number of hydrogen-bond donors (Lipinski definition) is 1. The first kappa shape index (κ1) is 16.6. The monoisotopic (exact) mass is 155 g/mol. The van der Waals surface area contributed by atoms with Crippen LogP contribution in [0.3, 0.4) is 0 Å². The molecule has 0 saturated heterocycles. The standard InChI is InChI=1S/C5H10.C3H5N.C2H6/c1-3-5-4-2;1-2-3-4;1-2/h3H,1,4-5H2,2H3;2-4H,1H2;1-2H3. The van der Waals surface area contributed by atoms with Crippen LogP contribution in [0.5, 0.6) is 0 Å². The number of allylic oxidation sites excluding steroid dienone is 2. The lowest BCUT2D eigenvalue weighted by Crippen LogP contribution is -1.52. The number of rotatable bonds is 3. The van der Waals surface area contributed by atoms with Crippen LogP contribution in [-0.4, -0.2) is 6.21 Å². The second-order valence-electron chi connectivity index (χ2n) is 1.48. The van der Waals surface area contributed by atoms with E-state index in [0.29, 0.717) is 0 Å². The third-order valence-electron chi connectivity index (χ3n) is 0.611. The largest absolute Gasteiger partial charge is 0.309 e. The summed E-state index contributed by atoms with van der Waals surface area (Å²) in [6, 6.07) is 0. The number of unbranched alkanes of at least 4 members (excludes halogenated alkanes) is 1. The van der Waals surface area contributed by atoms with Gasteiger partial charge in [0.15, 0.2) is 0 Å². The van der Waals surface area contributed by atoms with Crippen molar-refractivity contribution >= 4 is 6.21 Å². The molecular formula is C10H21N. The van der Waals surface area contributed by atoms with E-state index in [2.05, 4.69) is 20.1 Å². The number of hydrogen-bond acceptors (Lipinski definition) is 1. The van der Waals surface area contributed by atoms with Gasteiger partial charge in [-0.05, 0) is 6.42 Å². The fraction of sp³-hybridized carbons (Fsp3) is 0.500. The van der Waals surface area contributed by atoms with Gasteiger partial charge in [0.1, 0.15) is 0 Å². The van der Waals surface area contributed by atoms with E-state index in [1.54, 1.807) is 0 Å². The first-order chi connectivity index (χ1) is 5.33. The second kappa shape index (κ2) is 35.3. The second-order valence-corrected chi connectivity index (χ2v) is 1.48. The predicted molar refractivity (Wildman–Crippen MR) is 55.4 cm³/mol. The molecule has 1 heteroatoms. The molecular weight excluding hydrogens is 134 g/mol. The minimum Gasteiger partial charge on any atom is -0.309 e. The summed E-state index contributed by atoms with van der Waals surface area (Å²) in [7, 11) is 0. The minimum atomic E-state index is 1.14. The summed E-state index contributed by atoms with van der Waals surface area (Å²) in [6.07, 6.45) is 6.86. The Labute approximate surface area is 71.3 Å². The van der Waals surface area contributed by atoms with Crippen LogP contribution in [0.1, 0.15) is 33.6 Å². The predicted octanol–water partition coefficient (Wildman–Crippen LogP) is 3.82. The quantitative estimate of drug-likeness (QED) is 0.473. The van der Waals surface area contributed by atoms with Crippen molar-refractivity contribution in [3.8, 4) is 0 Å². The molecule has 1 N–H and O–H groups in total. The first-order valence-electron chi connectivity index (χ1n) is 4.05. The van der Waals surface area contributed by atoms with Crippen LogP contribution in [0.4, 0.5) is 0 Å². The van der Waals surface area contributed by atoms with Gasteiger partial charge in [-0.2, -0.15) is 0 Å². The van der Waals surface area contributed by atoms with Crippen LogP contribution in [0, 0.1) is 5.41 Å². The molecule has 1 nitrogen and oxygen atoms in total. The SMILES string of the molecule is C=CC=N.C=CCCC.CC. The molecule has 0 aromatic heterocycles. The highest BCUT2D eigenvalue weighted by Crippen LogP contribution is 1.82. The average Bonchev–Trinajstić information content (AvgIpc) is 2.10. The highest BCUT2D eigenvalue weighted by molar-refractivity contribution is 5.66. The van der Waals surface area contributed by atoms with Crippen LogP contribution in [0.2, 0.25) is 0 Å². The Balaban J connectivity index is -0.0000000965. The van der Waals surface area contributed by atoms with Crippen molar-refractivity contribution in [2.24, 2.45) is 0 Å².